The molecule has 62 valence electrons. The van der Waals surface area contributed by atoms with E-state index in [-0.39, 0.29) is 0 Å². The Balaban J connectivity index is 2.94. The summed E-state index contributed by atoms with van der Waals surface area (Å²) in [6.45, 7) is 6.28. The van der Waals surface area contributed by atoms with Gasteiger partial charge in [-0.25, -0.2) is 0 Å². The molecule has 2 aromatic rings. The fourth-order valence-corrected chi connectivity index (χ4v) is 1.40. The Morgan fingerprint density at radius 1 is 1.08 bits per heavy atom. The molecule has 0 bridgehead atoms. The van der Waals surface area contributed by atoms with E-state index in [1.807, 2.05) is 0 Å². The second-order valence-electron chi connectivity index (χ2n) is 3.13. The fourth-order valence-electron chi connectivity index (χ4n) is 1.40. The lowest BCUT2D eigenvalue weighted by atomic mass is 10.0. The molecule has 0 fully saturated rings. The van der Waals surface area contributed by atoms with E-state index in [1.165, 1.54) is 16.7 Å². The van der Waals surface area contributed by atoms with Crippen molar-refractivity contribution in [1.29, 1.82) is 0 Å². The minimum absolute atomic E-state index is 0.954. The summed E-state index contributed by atoms with van der Waals surface area (Å²) >= 11 is 0. The lowest BCUT2D eigenvalue weighted by Gasteiger charge is -2.02. The number of aryl methyl sites for hydroxylation is 2. The van der Waals surface area contributed by atoms with Crippen LogP contribution in [-0.4, -0.2) is 15.4 Å². The van der Waals surface area contributed by atoms with Gasteiger partial charge in [0.05, 0.1) is 0 Å². The summed E-state index contributed by atoms with van der Waals surface area (Å²) in [4.78, 5) is 0. The van der Waals surface area contributed by atoms with Crippen LogP contribution >= 0.6 is 0 Å². The largest absolute Gasteiger partial charge is 0.197 e. The van der Waals surface area contributed by atoms with Crippen molar-refractivity contribution in [2.45, 2.75) is 20.8 Å². The second-order valence-corrected chi connectivity index (χ2v) is 3.13. The van der Waals surface area contributed by atoms with Crippen molar-refractivity contribution in [2.75, 3.05) is 0 Å². The van der Waals surface area contributed by atoms with Crippen LogP contribution < -0.4 is 0 Å². The van der Waals surface area contributed by atoms with Gasteiger partial charge in [-0.3, -0.25) is 0 Å². The number of nitrogens with one attached hydrogen (secondary N) is 1. The van der Waals surface area contributed by atoms with E-state index in [1.54, 1.807) is 0 Å². The zero-order valence-corrected chi connectivity index (χ0v) is 7.47. The zero-order valence-electron chi connectivity index (χ0n) is 7.47. The van der Waals surface area contributed by atoms with Gasteiger partial charge in [0.25, 0.3) is 0 Å². The maximum atomic E-state index is 4.08. The van der Waals surface area contributed by atoms with Crippen molar-refractivity contribution in [1.82, 2.24) is 15.4 Å². The van der Waals surface area contributed by atoms with Crippen molar-refractivity contribution < 1.29 is 0 Å². The van der Waals surface area contributed by atoms with Crippen molar-refractivity contribution in [2.24, 2.45) is 0 Å². The molecule has 3 heteroatoms. The minimum Gasteiger partial charge on any atom is -0.197 e. The average Bonchev–Trinajstić information content (AvgIpc) is 2.48. The maximum absolute atomic E-state index is 4.08. The second kappa shape index (κ2) is 2.30. The van der Waals surface area contributed by atoms with Crippen molar-refractivity contribution in [3.8, 4) is 0 Å². The number of fused-ring (bicyclic) bond motifs is 1. The molecule has 0 saturated heterocycles. The molecular weight excluding hydrogens is 150 g/mol. The molecule has 0 aliphatic rings. The smallest absolute Gasteiger partial charge is 0.116 e. The van der Waals surface area contributed by atoms with Crippen LogP contribution in [0.4, 0.5) is 0 Å². The number of hydrogen-bond donors (Lipinski definition) is 1. The molecular formula is C9H11N3. The number of nitrogens with zero attached hydrogens (tertiary/aromatic N) is 2. The van der Waals surface area contributed by atoms with E-state index in [9.17, 15) is 0 Å². The highest BCUT2D eigenvalue weighted by molar-refractivity contribution is 5.79. The molecule has 0 aliphatic heterocycles. The molecule has 1 aromatic carbocycles. The van der Waals surface area contributed by atoms with E-state index in [2.05, 4.69) is 42.2 Å². The number of benzene rings is 1. The highest BCUT2D eigenvalue weighted by atomic mass is 15.3. The van der Waals surface area contributed by atoms with Crippen LogP contribution in [0.5, 0.6) is 0 Å². The summed E-state index contributed by atoms with van der Waals surface area (Å²) in [6.07, 6.45) is 0. The first kappa shape index (κ1) is 7.28. The third-order valence-corrected chi connectivity index (χ3v) is 2.44. The van der Waals surface area contributed by atoms with Crippen LogP contribution in [0.1, 0.15) is 16.7 Å². The standard InChI is InChI=1S/C9H11N3/c1-5-4-8-9(11-12-10-8)7(3)6(5)2/h4H,1-3H3,(H,10,11,12). The van der Waals surface area contributed by atoms with Gasteiger partial charge in [-0.05, 0) is 43.5 Å². The number of hydrogen-bond acceptors (Lipinski definition) is 2. The Hall–Kier alpha value is -1.38. The molecule has 3 nitrogen and oxygen atoms in total. The molecule has 1 N–H and O–H groups in total. The van der Waals surface area contributed by atoms with E-state index in [0.717, 1.165) is 11.0 Å². The monoisotopic (exact) mass is 161 g/mol. The van der Waals surface area contributed by atoms with Crippen molar-refractivity contribution in [3.05, 3.63) is 22.8 Å². The Morgan fingerprint density at radius 3 is 2.58 bits per heavy atom. The van der Waals surface area contributed by atoms with E-state index < -0.39 is 0 Å². The highest BCUT2D eigenvalue weighted by Gasteiger charge is 2.06. The van der Waals surface area contributed by atoms with Gasteiger partial charge in [0, 0.05) is 0 Å². The molecule has 0 radical (unpaired) electrons. The van der Waals surface area contributed by atoms with Crippen LogP contribution in [0.25, 0.3) is 11.0 Å². The fraction of sp³-hybridized carbons (Fsp3) is 0.333. The van der Waals surface area contributed by atoms with Gasteiger partial charge in [-0.15, -0.1) is 0 Å². The first-order valence-electron chi connectivity index (χ1n) is 3.97. The van der Waals surface area contributed by atoms with Gasteiger partial charge in [-0.2, -0.15) is 15.4 Å². The summed E-state index contributed by atoms with van der Waals surface area (Å²) < 4.78 is 0. The average molecular weight is 161 g/mol. The maximum Gasteiger partial charge on any atom is 0.116 e. The molecule has 1 aromatic heterocycles. The molecule has 0 aliphatic carbocycles. The van der Waals surface area contributed by atoms with Crippen molar-refractivity contribution >= 4 is 11.0 Å². The highest BCUT2D eigenvalue weighted by Crippen LogP contribution is 2.20. The van der Waals surface area contributed by atoms with E-state index in [0.29, 0.717) is 0 Å². The SMILES string of the molecule is Cc1cc2n[nH]nc2c(C)c1C. The van der Waals surface area contributed by atoms with Crippen molar-refractivity contribution in [3.63, 3.8) is 0 Å². The number of aromatic nitrogens is 3. The van der Waals surface area contributed by atoms with Crippen LogP contribution in [0.2, 0.25) is 0 Å². The van der Waals surface area contributed by atoms with Gasteiger partial charge in [-0.1, -0.05) is 0 Å². The predicted octanol–water partition coefficient (Wildman–Crippen LogP) is 1.88. The van der Waals surface area contributed by atoms with Crippen LogP contribution in [0.3, 0.4) is 0 Å². The normalized spacial score (nSPS) is 10.9. The van der Waals surface area contributed by atoms with Gasteiger partial charge in [0.15, 0.2) is 0 Å². The molecule has 12 heavy (non-hydrogen) atoms. The van der Waals surface area contributed by atoms with Gasteiger partial charge >= 0.3 is 0 Å². The molecule has 0 atom stereocenters. The number of rotatable bonds is 0. The lowest BCUT2D eigenvalue weighted by molar-refractivity contribution is 0.958. The van der Waals surface area contributed by atoms with Gasteiger partial charge < -0.3 is 0 Å². The molecule has 0 amide bonds. The zero-order chi connectivity index (χ0) is 8.72. The summed E-state index contributed by atoms with van der Waals surface area (Å²) in [5.41, 5.74) is 5.73. The summed E-state index contributed by atoms with van der Waals surface area (Å²) in [7, 11) is 0. The Kier molecular flexibility index (Phi) is 1.40. The Morgan fingerprint density at radius 2 is 1.83 bits per heavy atom. The van der Waals surface area contributed by atoms with E-state index in [4.69, 9.17) is 0 Å². The van der Waals surface area contributed by atoms with E-state index >= 15 is 0 Å². The van der Waals surface area contributed by atoms with Crippen LogP contribution in [-0.2, 0) is 0 Å². The number of H-pyrrole nitrogens is 1. The summed E-state index contributed by atoms with van der Waals surface area (Å²) in [5, 5.41) is 10.8. The number of aromatic amines is 1. The molecule has 0 spiro atoms. The Bertz CT molecular complexity index is 429. The summed E-state index contributed by atoms with van der Waals surface area (Å²) in [6, 6.07) is 2.06. The first-order valence-corrected chi connectivity index (χ1v) is 3.97. The quantitative estimate of drug-likeness (QED) is 0.641. The third kappa shape index (κ3) is 0.826. The molecule has 1 heterocycles. The van der Waals surface area contributed by atoms with Gasteiger partial charge in [0.1, 0.15) is 11.0 Å². The third-order valence-electron chi connectivity index (χ3n) is 2.44. The van der Waals surface area contributed by atoms with Crippen LogP contribution in [0.15, 0.2) is 6.07 Å². The topological polar surface area (TPSA) is 41.6 Å². The molecule has 0 unspecified atom stereocenters. The minimum atomic E-state index is 0.954. The molecule has 0 saturated carbocycles. The molecule has 2 rings (SSSR count). The predicted molar refractivity (Wildman–Crippen MR) is 48.1 cm³/mol. The first-order chi connectivity index (χ1) is 5.70. The Labute approximate surface area is 70.8 Å². The van der Waals surface area contributed by atoms with Gasteiger partial charge in [0.2, 0.25) is 0 Å². The lowest BCUT2D eigenvalue weighted by Crippen LogP contribution is -1.87. The summed E-state index contributed by atoms with van der Waals surface area (Å²) in [5.74, 6) is 0. The van der Waals surface area contributed by atoms with Crippen LogP contribution in [0, 0.1) is 20.8 Å².